The fourth-order valence-electron chi connectivity index (χ4n) is 3.03. The van der Waals surface area contributed by atoms with Crippen LogP contribution in [0.3, 0.4) is 0 Å². The Morgan fingerprint density at radius 2 is 1.97 bits per heavy atom. The minimum absolute atomic E-state index is 0.218. The lowest BCUT2D eigenvalue weighted by molar-refractivity contribution is 0.0932. The van der Waals surface area contributed by atoms with Crippen molar-refractivity contribution in [1.82, 2.24) is 25.6 Å². The highest BCUT2D eigenvalue weighted by Crippen LogP contribution is 2.25. The Kier molecular flexibility index (Phi) is 8.97. The first-order valence-electron chi connectivity index (χ1n) is 11.0. The Morgan fingerprint density at radius 3 is 2.72 bits per heavy atom. The van der Waals surface area contributed by atoms with Gasteiger partial charge in [0, 0.05) is 25.3 Å². The van der Waals surface area contributed by atoms with Crippen LogP contribution in [0.2, 0.25) is 0 Å². The van der Waals surface area contributed by atoms with Gasteiger partial charge in [0.15, 0.2) is 5.69 Å². The minimum Gasteiger partial charge on any atom is -0.491 e. The van der Waals surface area contributed by atoms with E-state index in [1.54, 1.807) is 31.5 Å². The number of aromatic nitrogens is 3. The quantitative estimate of drug-likeness (QED) is 0.431. The molecule has 0 spiro atoms. The standard InChI is InChI=1S/C22H30FN5O4/c1-31-13-11-24-21(29)16-6-9-19(20(14-16)32-12-5-3-2-4-10-23)28-15-18(26-27-28)22(30)25-17-7-8-17/h6,9,14-15,17H,2-5,7-8,10-13H2,1H3,(H,24,29)(H,25,30). The second-order valence-corrected chi connectivity index (χ2v) is 7.68. The van der Waals surface area contributed by atoms with Crippen molar-refractivity contribution in [3.8, 4) is 11.4 Å². The number of alkyl halides is 1. The van der Waals surface area contributed by atoms with Crippen molar-refractivity contribution in [2.24, 2.45) is 0 Å². The maximum Gasteiger partial charge on any atom is 0.273 e. The van der Waals surface area contributed by atoms with Gasteiger partial charge in [-0.1, -0.05) is 11.6 Å². The third kappa shape index (κ3) is 7.01. The number of ether oxygens (including phenoxy) is 2. The van der Waals surface area contributed by atoms with Crippen molar-refractivity contribution in [2.75, 3.05) is 33.5 Å². The van der Waals surface area contributed by atoms with Crippen LogP contribution in [-0.4, -0.2) is 66.4 Å². The molecule has 1 saturated carbocycles. The van der Waals surface area contributed by atoms with E-state index >= 15 is 0 Å². The highest BCUT2D eigenvalue weighted by Gasteiger charge is 2.25. The number of nitrogens with zero attached hydrogens (tertiary/aromatic N) is 3. The molecule has 1 aromatic heterocycles. The maximum atomic E-state index is 12.4. The average molecular weight is 448 g/mol. The number of hydrogen-bond donors (Lipinski definition) is 2. The summed E-state index contributed by atoms with van der Waals surface area (Å²) in [6.45, 7) is 0.910. The summed E-state index contributed by atoms with van der Waals surface area (Å²) in [5.74, 6) is -0.0540. The van der Waals surface area contributed by atoms with Crippen LogP contribution in [0.1, 0.15) is 59.4 Å². The molecular weight excluding hydrogens is 417 g/mol. The highest BCUT2D eigenvalue weighted by molar-refractivity contribution is 5.95. The molecule has 1 aliphatic rings. The zero-order chi connectivity index (χ0) is 22.8. The Balaban J connectivity index is 1.73. The molecule has 32 heavy (non-hydrogen) atoms. The summed E-state index contributed by atoms with van der Waals surface area (Å²) in [4.78, 5) is 24.7. The van der Waals surface area contributed by atoms with Crippen LogP contribution in [-0.2, 0) is 4.74 Å². The van der Waals surface area contributed by atoms with E-state index in [4.69, 9.17) is 9.47 Å². The van der Waals surface area contributed by atoms with E-state index < -0.39 is 0 Å². The molecule has 0 atom stereocenters. The van der Waals surface area contributed by atoms with Gasteiger partial charge in [-0.05, 0) is 50.3 Å². The van der Waals surface area contributed by atoms with Crippen molar-refractivity contribution in [3.05, 3.63) is 35.7 Å². The van der Waals surface area contributed by atoms with Gasteiger partial charge < -0.3 is 20.1 Å². The number of carbonyl (C=O) groups excluding carboxylic acids is 2. The van der Waals surface area contributed by atoms with Crippen molar-refractivity contribution in [3.63, 3.8) is 0 Å². The van der Waals surface area contributed by atoms with E-state index in [9.17, 15) is 14.0 Å². The first-order valence-corrected chi connectivity index (χ1v) is 11.0. The Morgan fingerprint density at radius 1 is 1.16 bits per heavy atom. The SMILES string of the molecule is COCCNC(=O)c1ccc(-n2cc(C(=O)NC3CC3)nn2)c(OCCCCCCF)c1. The lowest BCUT2D eigenvalue weighted by Crippen LogP contribution is -2.27. The van der Waals surface area contributed by atoms with Crippen molar-refractivity contribution in [2.45, 2.75) is 44.6 Å². The number of unbranched alkanes of at least 4 members (excludes halogenated alkanes) is 3. The molecule has 9 nitrogen and oxygen atoms in total. The van der Waals surface area contributed by atoms with Crippen LogP contribution in [0.25, 0.3) is 5.69 Å². The second-order valence-electron chi connectivity index (χ2n) is 7.68. The normalized spacial score (nSPS) is 13.1. The summed E-state index contributed by atoms with van der Waals surface area (Å²) in [5, 5.41) is 13.7. The van der Waals surface area contributed by atoms with Gasteiger partial charge in [-0.15, -0.1) is 5.10 Å². The lowest BCUT2D eigenvalue weighted by Gasteiger charge is -2.13. The number of halogens is 1. The summed E-state index contributed by atoms with van der Waals surface area (Å²) in [6, 6.07) is 5.24. The number of carbonyl (C=O) groups is 2. The molecule has 3 rings (SSSR count). The average Bonchev–Trinajstić information content (AvgIpc) is 3.47. The molecule has 0 saturated heterocycles. The Bertz CT molecular complexity index is 900. The number of methoxy groups -OCH3 is 1. The van der Waals surface area contributed by atoms with Crippen molar-refractivity contribution < 1.29 is 23.5 Å². The summed E-state index contributed by atoms with van der Waals surface area (Å²) >= 11 is 0. The van der Waals surface area contributed by atoms with Gasteiger partial charge in [0.2, 0.25) is 0 Å². The molecule has 2 amide bonds. The molecule has 0 unspecified atom stereocenters. The molecule has 1 aromatic carbocycles. The van der Waals surface area contributed by atoms with E-state index in [0.717, 1.165) is 32.1 Å². The molecule has 0 bridgehead atoms. The molecule has 0 radical (unpaired) electrons. The predicted octanol–water partition coefficient (Wildman–Crippen LogP) is 2.44. The van der Waals surface area contributed by atoms with Crippen LogP contribution in [0.4, 0.5) is 4.39 Å². The first kappa shape index (κ1) is 23.6. The minimum atomic E-state index is -0.311. The maximum absolute atomic E-state index is 12.4. The smallest absolute Gasteiger partial charge is 0.273 e. The molecule has 1 aliphatic carbocycles. The number of nitrogens with one attached hydrogen (secondary N) is 2. The summed E-state index contributed by atoms with van der Waals surface area (Å²) in [6.07, 6.45) is 6.47. The van der Waals surface area contributed by atoms with E-state index in [1.165, 1.54) is 4.68 Å². The van der Waals surface area contributed by atoms with Crippen molar-refractivity contribution in [1.29, 1.82) is 0 Å². The van der Waals surface area contributed by atoms with Gasteiger partial charge in [-0.2, -0.15) is 0 Å². The predicted molar refractivity (Wildman–Crippen MR) is 116 cm³/mol. The van der Waals surface area contributed by atoms with Crippen LogP contribution >= 0.6 is 0 Å². The number of amides is 2. The van der Waals surface area contributed by atoms with Crippen LogP contribution in [0.5, 0.6) is 5.75 Å². The van der Waals surface area contributed by atoms with Crippen LogP contribution in [0.15, 0.2) is 24.4 Å². The molecule has 0 aliphatic heterocycles. The van der Waals surface area contributed by atoms with Crippen LogP contribution in [0, 0.1) is 0 Å². The molecule has 174 valence electrons. The van der Waals surface area contributed by atoms with E-state index in [-0.39, 0.29) is 30.2 Å². The molecule has 2 N–H and O–H groups in total. The van der Waals surface area contributed by atoms with Gasteiger partial charge in [0.1, 0.15) is 11.4 Å². The Hall–Kier alpha value is -3.01. The number of hydrogen-bond acceptors (Lipinski definition) is 6. The second kappa shape index (κ2) is 12.1. The van der Waals surface area contributed by atoms with E-state index in [1.807, 2.05) is 0 Å². The monoisotopic (exact) mass is 447 g/mol. The number of benzene rings is 1. The lowest BCUT2D eigenvalue weighted by atomic mass is 10.1. The fraction of sp³-hybridized carbons (Fsp3) is 0.545. The third-order valence-corrected chi connectivity index (χ3v) is 4.98. The van der Waals surface area contributed by atoms with Crippen LogP contribution < -0.4 is 15.4 Å². The highest BCUT2D eigenvalue weighted by atomic mass is 19.1. The summed E-state index contributed by atoms with van der Waals surface area (Å²) in [7, 11) is 1.57. The van der Waals surface area contributed by atoms with Crippen molar-refractivity contribution >= 4 is 11.8 Å². The van der Waals surface area contributed by atoms with Gasteiger partial charge in [-0.25, -0.2) is 4.68 Å². The largest absolute Gasteiger partial charge is 0.491 e. The van der Waals surface area contributed by atoms with E-state index in [2.05, 4.69) is 20.9 Å². The Labute approximate surface area is 186 Å². The first-order chi connectivity index (χ1) is 15.6. The van der Waals surface area contributed by atoms with Gasteiger partial charge in [-0.3, -0.25) is 14.0 Å². The van der Waals surface area contributed by atoms with Gasteiger partial charge >= 0.3 is 0 Å². The number of rotatable bonds is 14. The fourth-order valence-corrected chi connectivity index (χ4v) is 3.03. The topological polar surface area (TPSA) is 107 Å². The molecule has 2 aromatic rings. The zero-order valence-corrected chi connectivity index (χ0v) is 18.3. The summed E-state index contributed by atoms with van der Waals surface area (Å²) < 4.78 is 24.6. The molecule has 1 heterocycles. The zero-order valence-electron chi connectivity index (χ0n) is 18.3. The molecular formula is C22H30FN5O4. The molecule has 10 heteroatoms. The van der Waals surface area contributed by atoms with Gasteiger partial charge in [0.25, 0.3) is 11.8 Å². The van der Waals surface area contributed by atoms with Gasteiger partial charge in [0.05, 0.1) is 26.1 Å². The van der Waals surface area contributed by atoms with E-state index in [0.29, 0.717) is 43.2 Å². The third-order valence-electron chi connectivity index (χ3n) is 4.98. The summed E-state index contributed by atoms with van der Waals surface area (Å²) in [5.41, 5.74) is 1.22. The molecule has 1 fully saturated rings.